The number of alkyl halides is 6. The fraction of sp³-hybridized carbons (Fsp3) is 0.548. The van der Waals surface area contributed by atoms with Crippen LogP contribution < -0.4 is 9.80 Å². The Labute approximate surface area is 266 Å². The van der Waals surface area contributed by atoms with Gasteiger partial charge in [-0.1, -0.05) is 18.9 Å². The number of aliphatic hydroxyl groups excluding tert-OH is 1. The Bertz CT molecular complexity index is 1560. The topological polar surface area (TPSA) is 117 Å². The number of carbonyl (C=O) groups is 1. The number of fused-ring (bicyclic) bond motifs is 2. The third-order valence-corrected chi connectivity index (χ3v) is 8.53. The molecular weight excluding hydrogens is 634 g/mol. The van der Waals surface area contributed by atoms with Crippen LogP contribution in [0.3, 0.4) is 0 Å². The third kappa shape index (κ3) is 8.15. The number of aliphatic carboxylic acids is 1. The smallest absolute Gasteiger partial charge is 0.416 e. The van der Waals surface area contributed by atoms with Crippen molar-refractivity contribution in [3.63, 3.8) is 0 Å². The number of hydrogen-bond donors (Lipinski definition) is 2. The SMILES string of the molecule is CC(C)(CCN1CCC[C@H](N(Cc2cc(C(F)(F)F)cc(C(F)(F)F)c2)c2nnn(CCO)n2)c2cc3c(cc21)COC3)CC(=O)O. The van der Waals surface area contributed by atoms with E-state index in [2.05, 4.69) is 20.3 Å². The van der Waals surface area contributed by atoms with Crippen molar-refractivity contribution in [3.8, 4) is 0 Å². The molecule has 0 unspecified atom stereocenters. The highest BCUT2D eigenvalue weighted by molar-refractivity contribution is 5.67. The van der Waals surface area contributed by atoms with Crippen LogP contribution in [0.1, 0.15) is 79.0 Å². The van der Waals surface area contributed by atoms with Crippen molar-refractivity contribution < 1.29 is 46.1 Å². The van der Waals surface area contributed by atoms with E-state index in [4.69, 9.17) is 4.74 Å². The van der Waals surface area contributed by atoms with Crippen molar-refractivity contribution in [2.75, 3.05) is 29.5 Å². The van der Waals surface area contributed by atoms with Crippen LogP contribution in [-0.4, -0.2) is 56.1 Å². The van der Waals surface area contributed by atoms with Crippen LogP contribution in [0, 0.1) is 5.41 Å². The molecule has 16 heteroatoms. The summed E-state index contributed by atoms with van der Waals surface area (Å²) < 4.78 is 88.4. The summed E-state index contributed by atoms with van der Waals surface area (Å²) in [6, 6.07) is 4.86. The molecule has 0 aliphatic carbocycles. The van der Waals surface area contributed by atoms with Crippen molar-refractivity contribution in [3.05, 3.63) is 63.7 Å². The summed E-state index contributed by atoms with van der Waals surface area (Å²) in [7, 11) is 0. The summed E-state index contributed by atoms with van der Waals surface area (Å²) in [6.07, 6.45) is -8.46. The van der Waals surface area contributed by atoms with E-state index >= 15 is 0 Å². The lowest BCUT2D eigenvalue weighted by Crippen LogP contribution is -2.31. The Morgan fingerprint density at radius 3 is 2.28 bits per heavy atom. The molecule has 0 saturated carbocycles. The third-order valence-electron chi connectivity index (χ3n) is 8.53. The van der Waals surface area contributed by atoms with Crippen LogP contribution in [0.2, 0.25) is 0 Å². The molecule has 3 heterocycles. The summed E-state index contributed by atoms with van der Waals surface area (Å²) in [6.45, 7) is 4.85. The zero-order valence-corrected chi connectivity index (χ0v) is 25.9. The number of rotatable bonds is 11. The van der Waals surface area contributed by atoms with Crippen molar-refractivity contribution in [1.82, 2.24) is 20.2 Å². The van der Waals surface area contributed by atoms with Gasteiger partial charge in [0.2, 0.25) is 0 Å². The predicted octanol–water partition coefficient (Wildman–Crippen LogP) is 5.97. The Balaban J connectivity index is 1.60. The Morgan fingerprint density at radius 2 is 1.66 bits per heavy atom. The van der Waals surface area contributed by atoms with E-state index in [1.54, 1.807) is 4.90 Å². The van der Waals surface area contributed by atoms with Crippen LogP contribution in [0.25, 0.3) is 0 Å². The minimum absolute atomic E-state index is 0.0192. The second kappa shape index (κ2) is 13.3. The number of carboxylic acid groups (broad SMARTS) is 1. The van der Waals surface area contributed by atoms with Gasteiger partial charge in [0.15, 0.2) is 0 Å². The second-order valence-electron chi connectivity index (χ2n) is 12.8. The Kier molecular flexibility index (Phi) is 9.74. The van der Waals surface area contributed by atoms with Gasteiger partial charge in [0.1, 0.15) is 0 Å². The van der Waals surface area contributed by atoms with Gasteiger partial charge in [-0.3, -0.25) is 4.79 Å². The number of nitrogens with zero attached hydrogens (tertiary/aromatic N) is 6. The molecule has 0 spiro atoms. The normalized spacial score (nSPS) is 17.0. The summed E-state index contributed by atoms with van der Waals surface area (Å²) in [5, 5.41) is 31.2. The first-order chi connectivity index (χ1) is 22.0. The molecule has 2 N–H and O–H groups in total. The molecular formula is C31H36F6N6O4. The molecule has 3 aromatic rings. The van der Waals surface area contributed by atoms with Crippen molar-refractivity contribution >= 4 is 17.6 Å². The molecule has 256 valence electrons. The molecule has 0 amide bonds. The fourth-order valence-corrected chi connectivity index (χ4v) is 6.18. The number of aromatic nitrogens is 4. The second-order valence-corrected chi connectivity index (χ2v) is 12.8. The molecule has 2 aliphatic heterocycles. The highest BCUT2D eigenvalue weighted by atomic mass is 19.4. The molecule has 0 saturated heterocycles. The Morgan fingerprint density at radius 1 is 1.00 bits per heavy atom. The molecule has 1 aromatic heterocycles. The lowest BCUT2D eigenvalue weighted by molar-refractivity contribution is -0.143. The van der Waals surface area contributed by atoms with Gasteiger partial charge in [-0.25, -0.2) is 0 Å². The lowest BCUT2D eigenvalue weighted by Gasteiger charge is -2.34. The summed E-state index contributed by atoms with van der Waals surface area (Å²) in [5.41, 5.74) is -0.134. The number of aliphatic hydroxyl groups is 1. The highest BCUT2D eigenvalue weighted by Gasteiger charge is 2.38. The van der Waals surface area contributed by atoms with Gasteiger partial charge >= 0.3 is 18.3 Å². The number of anilines is 2. The predicted molar refractivity (Wildman–Crippen MR) is 157 cm³/mol. The lowest BCUT2D eigenvalue weighted by atomic mass is 9.85. The van der Waals surface area contributed by atoms with Gasteiger partial charge < -0.3 is 24.7 Å². The van der Waals surface area contributed by atoms with Crippen LogP contribution in [0.4, 0.5) is 38.0 Å². The first-order valence-electron chi connectivity index (χ1n) is 15.2. The van der Waals surface area contributed by atoms with Crippen LogP contribution in [-0.2, 0) is 48.2 Å². The molecule has 0 fully saturated rings. The van der Waals surface area contributed by atoms with E-state index in [-0.39, 0.29) is 37.2 Å². The van der Waals surface area contributed by atoms with Gasteiger partial charge in [0, 0.05) is 25.3 Å². The molecule has 0 radical (unpaired) electrons. The highest BCUT2D eigenvalue weighted by Crippen LogP contribution is 2.43. The maximum atomic E-state index is 13.8. The van der Waals surface area contributed by atoms with E-state index in [1.807, 2.05) is 26.0 Å². The molecule has 2 aliphatic rings. The number of halogens is 6. The summed E-state index contributed by atoms with van der Waals surface area (Å²) in [4.78, 5) is 16.3. The summed E-state index contributed by atoms with van der Waals surface area (Å²) in [5.74, 6) is -0.921. The van der Waals surface area contributed by atoms with Crippen LogP contribution in [0.15, 0.2) is 30.3 Å². The number of hydrogen-bond acceptors (Lipinski definition) is 8. The molecule has 1 atom stereocenters. The van der Waals surface area contributed by atoms with Gasteiger partial charge in [-0.15, -0.1) is 5.10 Å². The van der Waals surface area contributed by atoms with E-state index in [0.29, 0.717) is 57.7 Å². The van der Waals surface area contributed by atoms with Crippen molar-refractivity contribution in [1.29, 1.82) is 0 Å². The number of ether oxygens (including phenoxy) is 1. The molecule has 0 bridgehead atoms. The summed E-state index contributed by atoms with van der Waals surface area (Å²) >= 11 is 0. The maximum absolute atomic E-state index is 13.8. The fourth-order valence-electron chi connectivity index (χ4n) is 6.18. The van der Waals surface area contributed by atoms with Gasteiger partial charge in [0.05, 0.1) is 50.0 Å². The van der Waals surface area contributed by atoms with Crippen molar-refractivity contribution in [2.24, 2.45) is 5.41 Å². The molecule has 47 heavy (non-hydrogen) atoms. The van der Waals surface area contributed by atoms with Gasteiger partial charge in [-0.2, -0.15) is 31.1 Å². The largest absolute Gasteiger partial charge is 0.481 e. The van der Waals surface area contributed by atoms with E-state index in [1.165, 1.54) is 0 Å². The minimum Gasteiger partial charge on any atom is -0.481 e. The average molecular weight is 671 g/mol. The monoisotopic (exact) mass is 670 g/mol. The number of tetrazole rings is 1. The Hall–Kier alpha value is -3.92. The van der Waals surface area contributed by atoms with E-state index in [9.17, 15) is 41.4 Å². The number of carboxylic acids is 1. The van der Waals surface area contributed by atoms with Crippen molar-refractivity contribution in [2.45, 2.75) is 84.2 Å². The zero-order chi connectivity index (χ0) is 34.1. The molecule has 5 rings (SSSR count). The number of benzene rings is 2. The van der Waals surface area contributed by atoms with Gasteiger partial charge in [0.25, 0.3) is 5.95 Å². The standard InChI is InChI=1S/C31H36F6N6O4/c1-29(2,15-27(45)46)5-7-41-6-3-4-25(24-12-20-17-47-18-21(20)13-26(24)41)42(28-38-40-43(39-28)8-9-44)16-19-10-22(30(32,33)34)14-23(11-19)31(35,36)37/h10-14,25,44H,3-9,15-18H2,1-2H3,(H,45,46)/t25-/m0/s1. The molecule has 10 nitrogen and oxygen atoms in total. The van der Waals surface area contributed by atoms with Crippen LogP contribution in [0.5, 0.6) is 0 Å². The minimum atomic E-state index is -5.02. The quantitative estimate of drug-likeness (QED) is 0.238. The van der Waals surface area contributed by atoms with Crippen LogP contribution >= 0.6 is 0 Å². The van der Waals surface area contributed by atoms with Gasteiger partial charge in [-0.05, 0) is 82.5 Å². The zero-order valence-electron chi connectivity index (χ0n) is 25.9. The molecule has 2 aromatic carbocycles. The first kappa shape index (κ1) is 34.4. The maximum Gasteiger partial charge on any atom is 0.416 e. The first-order valence-corrected chi connectivity index (χ1v) is 15.2. The van der Waals surface area contributed by atoms with E-state index in [0.717, 1.165) is 27.2 Å². The average Bonchev–Trinajstić information content (AvgIpc) is 3.59. The van der Waals surface area contributed by atoms with E-state index < -0.39 is 47.5 Å².